The van der Waals surface area contributed by atoms with Crippen molar-refractivity contribution < 1.29 is 4.39 Å². The van der Waals surface area contributed by atoms with E-state index in [4.69, 9.17) is 6.42 Å². The van der Waals surface area contributed by atoms with E-state index in [-0.39, 0.29) is 16.9 Å². The summed E-state index contributed by atoms with van der Waals surface area (Å²) in [7, 11) is 3.28. The Morgan fingerprint density at radius 3 is 2.54 bits per heavy atom. The lowest BCUT2D eigenvalue weighted by molar-refractivity contribution is 0.257. The van der Waals surface area contributed by atoms with Gasteiger partial charge in [-0.05, 0) is 52.9 Å². The molecule has 0 aliphatic heterocycles. The molecule has 0 amide bonds. The minimum atomic E-state index is -2.16. The van der Waals surface area contributed by atoms with Crippen molar-refractivity contribution in [1.82, 2.24) is 29.5 Å². The fourth-order valence-corrected chi connectivity index (χ4v) is 4.48. The van der Waals surface area contributed by atoms with Crippen molar-refractivity contribution in [3.05, 3.63) is 104 Å². The Balaban J connectivity index is 1.84. The van der Waals surface area contributed by atoms with Crippen LogP contribution in [0.3, 0.4) is 0 Å². The Morgan fingerprint density at radius 2 is 1.86 bits per heavy atom. The summed E-state index contributed by atoms with van der Waals surface area (Å²) in [5.41, 5.74) is 0.371. The first-order chi connectivity index (χ1) is 16.8. The number of halogens is 2. The van der Waals surface area contributed by atoms with Gasteiger partial charge in [0, 0.05) is 40.2 Å². The summed E-state index contributed by atoms with van der Waals surface area (Å²) < 4.78 is 21.1. The lowest BCUT2D eigenvalue weighted by atomic mass is 9.87. The van der Waals surface area contributed by atoms with Gasteiger partial charge in [-0.3, -0.25) is 9.78 Å². The van der Waals surface area contributed by atoms with Gasteiger partial charge in [-0.15, -0.1) is 11.5 Å². The van der Waals surface area contributed by atoms with E-state index < -0.39 is 5.67 Å². The van der Waals surface area contributed by atoms with Crippen LogP contribution in [0.4, 0.5) is 4.39 Å². The predicted molar refractivity (Wildman–Crippen MR) is 139 cm³/mol. The molecule has 0 saturated heterocycles. The lowest BCUT2D eigenvalue weighted by Crippen LogP contribution is -2.28. The van der Waals surface area contributed by atoms with Gasteiger partial charge in [0.2, 0.25) is 5.67 Å². The lowest BCUT2D eigenvalue weighted by Gasteiger charge is -2.26. The van der Waals surface area contributed by atoms with Crippen molar-refractivity contribution in [1.29, 1.82) is 0 Å². The number of terminal acetylenes is 1. The van der Waals surface area contributed by atoms with E-state index in [0.717, 1.165) is 3.57 Å². The Bertz CT molecular complexity index is 1690. The zero-order valence-electron chi connectivity index (χ0n) is 18.8. The van der Waals surface area contributed by atoms with Gasteiger partial charge in [0.1, 0.15) is 11.4 Å². The van der Waals surface area contributed by atoms with E-state index in [0.29, 0.717) is 33.4 Å². The van der Waals surface area contributed by atoms with Crippen LogP contribution in [-0.2, 0) is 19.8 Å². The molecule has 5 rings (SSSR count). The minimum absolute atomic E-state index is 0.129. The number of hydrogen-bond acceptors (Lipinski definition) is 5. The van der Waals surface area contributed by atoms with Gasteiger partial charge >= 0.3 is 0 Å². The van der Waals surface area contributed by atoms with E-state index in [1.165, 1.54) is 27.7 Å². The number of aromatic nitrogens is 6. The van der Waals surface area contributed by atoms with Crippen molar-refractivity contribution in [2.75, 3.05) is 0 Å². The van der Waals surface area contributed by atoms with Gasteiger partial charge < -0.3 is 4.57 Å². The number of fused-ring (bicyclic) bond motifs is 1. The molecule has 9 heteroatoms. The van der Waals surface area contributed by atoms with Crippen LogP contribution in [0.5, 0.6) is 0 Å². The average molecular weight is 576 g/mol. The monoisotopic (exact) mass is 576 g/mol. The Hall–Kier alpha value is -3.91. The fraction of sp³-hybridized carbons (Fsp3) is 0.115. The third kappa shape index (κ3) is 3.80. The number of pyridine rings is 3. The molecule has 0 saturated carbocycles. The molecule has 4 heterocycles. The van der Waals surface area contributed by atoms with Crippen LogP contribution in [0.1, 0.15) is 22.6 Å². The van der Waals surface area contributed by atoms with E-state index >= 15 is 4.39 Å². The summed E-state index contributed by atoms with van der Waals surface area (Å²) in [6, 6.07) is 15.5. The molecule has 35 heavy (non-hydrogen) atoms. The van der Waals surface area contributed by atoms with Crippen LogP contribution in [0, 0.1) is 15.9 Å². The second kappa shape index (κ2) is 8.70. The Kier molecular flexibility index (Phi) is 5.68. The summed E-state index contributed by atoms with van der Waals surface area (Å²) in [5, 5.41) is 8.46. The number of alkyl halides is 1. The van der Waals surface area contributed by atoms with E-state index in [1.54, 1.807) is 50.5 Å². The smallest absolute Gasteiger partial charge is 0.251 e. The van der Waals surface area contributed by atoms with Gasteiger partial charge in [0.05, 0.1) is 29.3 Å². The summed E-state index contributed by atoms with van der Waals surface area (Å²) in [4.78, 5) is 21.7. The van der Waals surface area contributed by atoms with Gasteiger partial charge in [0.15, 0.2) is 0 Å². The summed E-state index contributed by atoms with van der Waals surface area (Å²) >= 11 is 2.17. The standard InChI is InChI=1S/C26H18FIN6O/c1-4-18-6-5-7-21(31-18)19-13-25(35)33(2)22-14-29-23(12-20(19)22)26(27,24-15-30-32-34(24)3)16-8-10-17(28)11-9-16/h1,5-15H,2-3H3/t26-/m1/s1. The van der Waals surface area contributed by atoms with Crippen LogP contribution < -0.4 is 5.56 Å². The van der Waals surface area contributed by atoms with Crippen molar-refractivity contribution in [2.45, 2.75) is 5.67 Å². The molecule has 4 aromatic heterocycles. The molecule has 172 valence electrons. The van der Waals surface area contributed by atoms with Gasteiger partial charge in [-0.2, -0.15) is 0 Å². The number of benzene rings is 1. The molecule has 0 fully saturated rings. The largest absolute Gasteiger partial charge is 0.310 e. The molecule has 7 nitrogen and oxygen atoms in total. The minimum Gasteiger partial charge on any atom is -0.310 e. The Morgan fingerprint density at radius 1 is 1.09 bits per heavy atom. The topological polar surface area (TPSA) is 78.5 Å². The zero-order valence-corrected chi connectivity index (χ0v) is 20.9. The maximum absolute atomic E-state index is 17.3. The van der Waals surface area contributed by atoms with Crippen LogP contribution in [-0.4, -0.2) is 29.5 Å². The average Bonchev–Trinajstić information content (AvgIpc) is 3.32. The zero-order chi connectivity index (χ0) is 24.7. The predicted octanol–water partition coefficient (Wildman–Crippen LogP) is 3.97. The molecular formula is C26H18FIN6O. The summed E-state index contributed by atoms with van der Waals surface area (Å²) in [5.74, 6) is 2.51. The van der Waals surface area contributed by atoms with Gasteiger partial charge in [-0.1, -0.05) is 29.3 Å². The first-order valence-electron chi connectivity index (χ1n) is 10.6. The van der Waals surface area contributed by atoms with Crippen molar-refractivity contribution in [3.63, 3.8) is 0 Å². The number of aryl methyl sites for hydroxylation is 2. The number of rotatable bonds is 4. The number of nitrogens with zero attached hydrogens (tertiary/aromatic N) is 6. The molecule has 0 radical (unpaired) electrons. The first-order valence-corrected chi connectivity index (χ1v) is 11.6. The second-order valence-electron chi connectivity index (χ2n) is 8.00. The van der Waals surface area contributed by atoms with E-state index in [9.17, 15) is 4.79 Å². The van der Waals surface area contributed by atoms with Crippen LogP contribution in [0.2, 0.25) is 0 Å². The normalized spacial score (nSPS) is 12.9. The van der Waals surface area contributed by atoms with Crippen molar-refractivity contribution in [3.8, 4) is 23.6 Å². The van der Waals surface area contributed by atoms with Crippen LogP contribution in [0.15, 0.2) is 71.8 Å². The fourth-order valence-electron chi connectivity index (χ4n) is 4.12. The molecule has 0 unspecified atom stereocenters. The van der Waals surface area contributed by atoms with Crippen LogP contribution >= 0.6 is 22.6 Å². The maximum Gasteiger partial charge on any atom is 0.251 e. The highest BCUT2D eigenvalue weighted by atomic mass is 127. The highest BCUT2D eigenvalue weighted by Crippen LogP contribution is 2.41. The molecule has 0 aliphatic carbocycles. The summed E-state index contributed by atoms with van der Waals surface area (Å²) in [6.07, 6.45) is 8.43. The molecule has 0 N–H and O–H groups in total. The van der Waals surface area contributed by atoms with Gasteiger partial charge in [-0.25, -0.2) is 14.1 Å². The molecule has 1 aromatic carbocycles. The molecule has 0 bridgehead atoms. The molecule has 0 aliphatic rings. The van der Waals surface area contributed by atoms with Crippen molar-refractivity contribution in [2.24, 2.45) is 14.1 Å². The summed E-state index contributed by atoms with van der Waals surface area (Å²) in [6.45, 7) is 0. The molecular weight excluding hydrogens is 558 g/mol. The van der Waals surface area contributed by atoms with Gasteiger partial charge in [0.25, 0.3) is 5.56 Å². The quantitative estimate of drug-likeness (QED) is 0.239. The second-order valence-corrected chi connectivity index (χ2v) is 9.25. The van der Waals surface area contributed by atoms with Crippen molar-refractivity contribution >= 4 is 33.5 Å². The van der Waals surface area contributed by atoms with Crippen LogP contribution in [0.25, 0.3) is 22.2 Å². The third-order valence-corrected chi connectivity index (χ3v) is 6.69. The first kappa shape index (κ1) is 22.9. The highest BCUT2D eigenvalue weighted by molar-refractivity contribution is 14.1. The SMILES string of the molecule is C#Cc1cccc(-c2cc(=O)n(C)c3cnc([C@](F)(c4ccc(I)cc4)c4cnnn4C)cc23)n1. The molecule has 5 aromatic rings. The highest BCUT2D eigenvalue weighted by Gasteiger charge is 2.41. The van der Waals surface area contributed by atoms with E-state index in [1.807, 2.05) is 12.1 Å². The Labute approximate surface area is 213 Å². The van der Waals surface area contributed by atoms with E-state index in [2.05, 4.69) is 48.8 Å². The third-order valence-electron chi connectivity index (χ3n) is 5.97. The molecule has 0 spiro atoms. The molecule has 1 atom stereocenters. The maximum atomic E-state index is 17.3. The number of hydrogen-bond donors (Lipinski definition) is 0.